The second-order valence-corrected chi connectivity index (χ2v) is 16.0. The molecule has 13 aromatic rings. The van der Waals surface area contributed by atoms with Crippen molar-refractivity contribution in [1.29, 1.82) is 0 Å². The molecule has 5 nitrogen and oxygen atoms in total. The minimum Gasteiger partial charge on any atom is -0.309 e. The summed E-state index contributed by atoms with van der Waals surface area (Å²) in [6, 6.07) is 75.8. The lowest BCUT2D eigenvalue weighted by Gasteiger charge is -2.16. The lowest BCUT2D eigenvalue weighted by atomic mass is 10.0. The lowest BCUT2D eigenvalue weighted by Crippen LogP contribution is -2.04. The van der Waals surface area contributed by atoms with Gasteiger partial charge in [0.1, 0.15) is 0 Å². The van der Waals surface area contributed by atoms with Gasteiger partial charge in [-0.3, -0.25) is 0 Å². The van der Waals surface area contributed by atoms with Gasteiger partial charge in [0.05, 0.1) is 27.8 Å². The van der Waals surface area contributed by atoms with E-state index in [1.165, 1.54) is 48.7 Å². The zero-order valence-electron chi connectivity index (χ0n) is 33.4. The standard InChI is InChI=1S/C57H35N5/c1-3-16-37(17-4-1)55-58-56(38-18-5-2-6-19-38)60-57(59-55)49-32-39-20-7-8-21-40(39)34-53(49)62-51-26-14-12-24-46(51)48-33-42-31-43(29-27-41(42)35-52(48)62)61-50-25-13-11-23-45(50)47-30-28-36-15-9-10-22-44(36)54(47)61/h1-35H. The number of hydrogen-bond acceptors (Lipinski definition) is 3. The van der Waals surface area contributed by atoms with E-state index in [4.69, 9.17) is 15.0 Å². The first-order valence-corrected chi connectivity index (χ1v) is 21.0. The fourth-order valence-corrected chi connectivity index (χ4v) is 9.62. The summed E-state index contributed by atoms with van der Waals surface area (Å²) >= 11 is 0. The second-order valence-electron chi connectivity index (χ2n) is 16.0. The van der Waals surface area contributed by atoms with Gasteiger partial charge in [0.15, 0.2) is 17.5 Å². The van der Waals surface area contributed by atoms with Crippen LogP contribution in [0.3, 0.4) is 0 Å². The van der Waals surface area contributed by atoms with Gasteiger partial charge in [0.2, 0.25) is 0 Å². The molecule has 62 heavy (non-hydrogen) atoms. The zero-order chi connectivity index (χ0) is 40.7. The van der Waals surface area contributed by atoms with Crippen LogP contribution in [-0.4, -0.2) is 24.1 Å². The average Bonchev–Trinajstić information content (AvgIpc) is 3.85. The number of nitrogens with zero attached hydrogens (tertiary/aromatic N) is 5. The van der Waals surface area contributed by atoms with Crippen molar-refractivity contribution < 1.29 is 0 Å². The van der Waals surface area contributed by atoms with Crippen LogP contribution >= 0.6 is 0 Å². The zero-order valence-corrected chi connectivity index (χ0v) is 33.4. The van der Waals surface area contributed by atoms with E-state index in [1.807, 2.05) is 36.4 Å². The van der Waals surface area contributed by atoms with Gasteiger partial charge in [-0.2, -0.15) is 0 Å². The maximum absolute atomic E-state index is 5.25. The van der Waals surface area contributed by atoms with Gasteiger partial charge in [-0.15, -0.1) is 0 Å². The van der Waals surface area contributed by atoms with Gasteiger partial charge in [-0.05, 0) is 75.5 Å². The van der Waals surface area contributed by atoms with Crippen LogP contribution in [0.15, 0.2) is 212 Å². The molecule has 0 saturated carbocycles. The summed E-state index contributed by atoms with van der Waals surface area (Å²) in [4.78, 5) is 15.5. The molecule has 13 rings (SSSR count). The van der Waals surface area contributed by atoms with E-state index in [-0.39, 0.29) is 0 Å². The number of rotatable bonds is 5. The number of para-hydroxylation sites is 2. The van der Waals surface area contributed by atoms with Crippen molar-refractivity contribution in [3.05, 3.63) is 212 Å². The molecule has 0 aliphatic carbocycles. The summed E-state index contributed by atoms with van der Waals surface area (Å²) in [6.07, 6.45) is 0. The number of fused-ring (bicyclic) bond motifs is 10. The monoisotopic (exact) mass is 789 g/mol. The summed E-state index contributed by atoms with van der Waals surface area (Å²) < 4.78 is 4.86. The van der Waals surface area contributed by atoms with Crippen LogP contribution in [0.25, 0.3) is 121 Å². The van der Waals surface area contributed by atoms with Crippen molar-refractivity contribution in [2.24, 2.45) is 0 Å². The summed E-state index contributed by atoms with van der Waals surface area (Å²) in [5.74, 6) is 1.89. The van der Waals surface area contributed by atoms with Crippen LogP contribution in [0.5, 0.6) is 0 Å². The molecule has 0 bridgehead atoms. The number of hydrogen-bond donors (Lipinski definition) is 0. The van der Waals surface area contributed by atoms with Crippen molar-refractivity contribution in [3.63, 3.8) is 0 Å². The lowest BCUT2D eigenvalue weighted by molar-refractivity contribution is 1.07. The Kier molecular flexibility index (Phi) is 7.54. The first-order valence-electron chi connectivity index (χ1n) is 21.0. The Morgan fingerprint density at radius 2 is 0.823 bits per heavy atom. The molecule has 0 unspecified atom stereocenters. The first-order chi connectivity index (χ1) is 30.7. The molecule has 3 aromatic heterocycles. The van der Waals surface area contributed by atoms with Crippen LogP contribution in [0, 0.1) is 0 Å². The molecular weight excluding hydrogens is 755 g/mol. The van der Waals surface area contributed by atoms with E-state index in [0.29, 0.717) is 17.5 Å². The molecule has 0 radical (unpaired) electrons. The molecule has 0 spiro atoms. The molecule has 0 aliphatic heterocycles. The predicted octanol–water partition coefficient (Wildman–Crippen LogP) is 14.5. The molecule has 0 atom stereocenters. The highest BCUT2D eigenvalue weighted by atomic mass is 15.1. The maximum atomic E-state index is 5.25. The van der Waals surface area contributed by atoms with E-state index >= 15 is 0 Å². The minimum atomic E-state index is 0.619. The average molecular weight is 790 g/mol. The highest BCUT2D eigenvalue weighted by molar-refractivity contribution is 6.19. The topological polar surface area (TPSA) is 48.5 Å². The molecule has 288 valence electrons. The van der Waals surface area contributed by atoms with Gasteiger partial charge >= 0.3 is 0 Å². The Bertz CT molecular complexity index is 3860. The molecule has 0 fully saturated rings. The van der Waals surface area contributed by atoms with Crippen molar-refractivity contribution in [3.8, 4) is 45.5 Å². The Hall–Kier alpha value is -8.41. The quantitative estimate of drug-likeness (QED) is 0.174. The van der Waals surface area contributed by atoms with Crippen LogP contribution in [0.1, 0.15) is 0 Å². The van der Waals surface area contributed by atoms with Crippen molar-refractivity contribution >= 4 is 75.9 Å². The van der Waals surface area contributed by atoms with E-state index < -0.39 is 0 Å². The van der Waals surface area contributed by atoms with Gasteiger partial charge in [-0.1, -0.05) is 164 Å². The van der Waals surface area contributed by atoms with Gasteiger partial charge in [-0.25, -0.2) is 15.0 Å². The highest BCUT2D eigenvalue weighted by Gasteiger charge is 2.22. The van der Waals surface area contributed by atoms with Crippen molar-refractivity contribution in [2.45, 2.75) is 0 Å². The molecule has 0 amide bonds. The Morgan fingerprint density at radius 1 is 0.290 bits per heavy atom. The summed E-state index contributed by atoms with van der Waals surface area (Å²) in [5.41, 5.74) is 9.61. The predicted molar refractivity (Wildman–Crippen MR) is 257 cm³/mol. The Morgan fingerprint density at radius 3 is 1.53 bits per heavy atom. The first kappa shape index (κ1) is 34.5. The molecule has 5 heteroatoms. The summed E-state index contributed by atoms with van der Waals surface area (Å²) in [6.45, 7) is 0. The molecule has 0 saturated heterocycles. The van der Waals surface area contributed by atoms with E-state index in [9.17, 15) is 0 Å². The fraction of sp³-hybridized carbons (Fsp3) is 0. The van der Waals surface area contributed by atoms with Crippen LogP contribution in [0.2, 0.25) is 0 Å². The van der Waals surface area contributed by atoms with E-state index in [1.54, 1.807) is 0 Å². The molecule has 0 N–H and O–H groups in total. The smallest absolute Gasteiger partial charge is 0.166 e. The number of benzene rings is 10. The Labute approximate surface area is 356 Å². The third-order valence-electron chi connectivity index (χ3n) is 12.5. The van der Waals surface area contributed by atoms with Crippen molar-refractivity contribution in [1.82, 2.24) is 24.1 Å². The van der Waals surface area contributed by atoms with Crippen LogP contribution in [0.4, 0.5) is 0 Å². The molecular formula is C57H35N5. The summed E-state index contributed by atoms with van der Waals surface area (Å²) in [7, 11) is 0. The molecule has 0 aliphatic rings. The highest BCUT2D eigenvalue weighted by Crippen LogP contribution is 2.41. The van der Waals surface area contributed by atoms with Crippen LogP contribution in [-0.2, 0) is 0 Å². The minimum absolute atomic E-state index is 0.619. The maximum Gasteiger partial charge on any atom is 0.166 e. The second kappa shape index (κ2) is 13.6. The van der Waals surface area contributed by atoms with Crippen molar-refractivity contribution in [2.75, 3.05) is 0 Å². The third kappa shape index (κ3) is 5.32. The van der Waals surface area contributed by atoms with Gasteiger partial charge in [0, 0.05) is 49.3 Å². The SMILES string of the molecule is c1ccc(-c2nc(-c3ccccc3)nc(-c3cc4ccccc4cc3-n3c4ccccc4c4cc5cc(-n6c7ccccc7c7ccc8ccccc8c76)ccc5cc43)n2)cc1. The normalized spacial score (nSPS) is 11.9. The molecule has 3 heterocycles. The van der Waals surface area contributed by atoms with Gasteiger partial charge < -0.3 is 9.13 Å². The van der Waals surface area contributed by atoms with E-state index in [2.05, 4.69) is 185 Å². The Balaban J connectivity index is 1.07. The fourth-order valence-electron chi connectivity index (χ4n) is 9.62. The number of aromatic nitrogens is 5. The largest absolute Gasteiger partial charge is 0.309 e. The summed E-state index contributed by atoms with van der Waals surface area (Å²) in [5, 5.41) is 12.0. The van der Waals surface area contributed by atoms with E-state index in [0.717, 1.165) is 55.3 Å². The third-order valence-corrected chi connectivity index (χ3v) is 12.5. The molecule has 10 aromatic carbocycles. The van der Waals surface area contributed by atoms with Gasteiger partial charge in [0.25, 0.3) is 0 Å². The van der Waals surface area contributed by atoms with Crippen LogP contribution < -0.4 is 0 Å².